The van der Waals surface area contributed by atoms with Crippen molar-refractivity contribution in [3.05, 3.63) is 111 Å². The van der Waals surface area contributed by atoms with Crippen LogP contribution in [0, 0.1) is 19.7 Å². The Balaban J connectivity index is 1.71. The fourth-order valence-corrected chi connectivity index (χ4v) is 5.53. The predicted molar refractivity (Wildman–Crippen MR) is 140 cm³/mol. The minimum Gasteiger partial charge on any atom is -0.351 e. The molecule has 2 aromatic carbocycles. The van der Waals surface area contributed by atoms with Crippen LogP contribution in [0.3, 0.4) is 0 Å². The number of rotatable bonds is 4. The van der Waals surface area contributed by atoms with Gasteiger partial charge in [-0.15, -0.1) is 0 Å². The van der Waals surface area contributed by atoms with E-state index in [2.05, 4.69) is 20.9 Å². The molecule has 1 N–H and O–H groups in total. The van der Waals surface area contributed by atoms with Gasteiger partial charge in [0.15, 0.2) is 5.11 Å². The summed E-state index contributed by atoms with van der Waals surface area (Å²) < 4.78 is 17.1. The number of nitrogens with zero attached hydrogens (tertiary/aromatic N) is 3. The van der Waals surface area contributed by atoms with Crippen LogP contribution >= 0.6 is 35.4 Å². The van der Waals surface area contributed by atoms with Crippen LogP contribution in [-0.2, 0) is 0 Å². The van der Waals surface area contributed by atoms with Crippen LogP contribution in [-0.4, -0.2) is 14.7 Å². The zero-order chi connectivity index (χ0) is 24.0. The van der Waals surface area contributed by atoms with Crippen LogP contribution in [0.25, 0.3) is 5.69 Å². The Labute approximate surface area is 213 Å². The van der Waals surface area contributed by atoms with Gasteiger partial charge in [-0.1, -0.05) is 41.4 Å². The number of hydrogen-bond donors (Lipinski definition) is 1. The highest BCUT2D eigenvalue weighted by Gasteiger charge is 2.43. The summed E-state index contributed by atoms with van der Waals surface area (Å²) in [4.78, 5) is 6.42. The normalized spacial score (nSPS) is 17.8. The molecule has 4 aromatic rings. The highest BCUT2D eigenvalue weighted by molar-refractivity contribution is 7.80. The number of para-hydroxylation sites is 1. The molecule has 0 saturated carbocycles. The Morgan fingerprint density at radius 1 is 0.971 bits per heavy atom. The van der Waals surface area contributed by atoms with E-state index in [1.165, 1.54) is 6.07 Å². The Morgan fingerprint density at radius 2 is 1.74 bits per heavy atom. The van der Waals surface area contributed by atoms with E-state index in [1.54, 1.807) is 24.4 Å². The molecule has 0 bridgehead atoms. The smallest absolute Gasteiger partial charge is 0.174 e. The highest BCUT2D eigenvalue weighted by Crippen LogP contribution is 2.44. The molecule has 4 nitrogen and oxygen atoms in total. The molecule has 0 aliphatic carbocycles. The Morgan fingerprint density at radius 3 is 2.44 bits per heavy atom. The van der Waals surface area contributed by atoms with Crippen LogP contribution < -0.4 is 10.2 Å². The average molecular weight is 511 g/mol. The number of aromatic nitrogens is 2. The third-order valence-corrected chi connectivity index (χ3v) is 7.00. The molecule has 1 aliphatic rings. The second kappa shape index (κ2) is 9.02. The SMILES string of the molecule is Cc1cc(C2C(c3ccccn3)NC(=S)N2c2ccccc2F)c(C)n1-c1ccc(Cl)cc1Cl. The van der Waals surface area contributed by atoms with Gasteiger partial charge in [-0.25, -0.2) is 4.39 Å². The maximum absolute atomic E-state index is 15.0. The number of halogens is 3. The van der Waals surface area contributed by atoms with Crippen molar-refractivity contribution in [2.75, 3.05) is 4.90 Å². The lowest BCUT2D eigenvalue weighted by atomic mass is 9.96. The molecule has 0 amide bonds. The quantitative estimate of drug-likeness (QED) is 0.296. The van der Waals surface area contributed by atoms with E-state index >= 15 is 0 Å². The molecular weight excluding hydrogens is 490 g/mol. The average Bonchev–Trinajstić information content (AvgIpc) is 3.30. The van der Waals surface area contributed by atoms with E-state index in [1.807, 2.05) is 55.1 Å². The molecule has 1 aliphatic heterocycles. The first-order chi connectivity index (χ1) is 16.4. The fourth-order valence-electron chi connectivity index (χ4n) is 4.70. The van der Waals surface area contributed by atoms with Gasteiger partial charge in [-0.2, -0.15) is 0 Å². The maximum Gasteiger partial charge on any atom is 0.174 e. The van der Waals surface area contributed by atoms with E-state index in [-0.39, 0.29) is 17.9 Å². The lowest BCUT2D eigenvalue weighted by Gasteiger charge is -2.28. The molecular formula is C26H21Cl2FN4S. The Bertz CT molecular complexity index is 1390. The summed E-state index contributed by atoms with van der Waals surface area (Å²) in [5.41, 5.74) is 5.02. The van der Waals surface area contributed by atoms with E-state index < -0.39 is 0 Å². The number of hydrogen-bond acceptors (Lipinski definition) is 2. The van der Waals surface area contributed by atoms with Crippen molar-refractivity contribution >= 4 is 46.2 Å². The number of aryl methyl sites for hydroxylation is 1. The van der Waals surface area contributed by atoms with E-state index in [0.717, 1.165) is 28.3 Å². The van der Waals surface area contributed by atoms with Crippen LogP contribution in [0.5, 0.6) is 0 Å². The van der Waals surface area contributed by atoms with Gasteiger partial charge < -0.3 is 14.8 Å². The van der Waals surface area contributed by atoms with Crippen LogP contribution in [0.1, 0.15) is 34.7 Å². The molecule has 1 fully saturated rings. The summed E-state index contributed by atoms with van der Waals surface area (Å²) >= 11 is 18.4. The van der Waals surface area contributed by atoms with Crippen molar-refractivity contribution in [2.24, 2.45) is 0 Å². The zero-order valence-electron chi connectivity index (χ0n) is 18.5. The van der Waals surface area contributed by atoms with Crippen molar-refractivity contribution in [3.63, 3.8) is 0 Å². The minimum absolute atomic E-state index is 0.275. The molecule has 3 heterocycles. The van der Waals surface area contributed by atoms with Crippen molar-refractivity contribution in [1.82, 2.24) is 14.9 Å². The third kappa shape index (κ3) is 3.86. The van der Waals surface area contributed by atoms with E-state index in [9.17, 15) is 4.39 Å². The van der Waals surface area contributed by atoms with Crippen LogP contribution in [0.15, 0.2) is 72.9 Å². The standard InChI is InChI=1S/C26H21Cl2FN4S/c1-15-13-18(16(2)32(15)22-11-10-17(27)14-19(22)28)25-24(21-8-5-6-12-30-21)31-26(34)33(25)23-9-4-3-7-20(23)29/h3-14,24-25H,1-2H3,(H,31,34). The highest BCUT2D eigenvalue weighted by atomic mass is 35.5. The second-order valence-electron chi connectivity index (χ2n) is 8.21. The summed E-state index contributed by atoms with van der Waals surface area (Å²) in [6.07, 6.45) is 1.75. The predicted octanol–water partition coefficient (Wildman–Crippen LogP) is 7.11. The maximum atomic E-state index is 15.0. The van der Waals surface area contributed by atoms with Gasteiger partial charge in [0.05, 0.1) is 34.2 Å². The number of nitrogens with one attached hydrogen (secondary N) is 1. The molecule has 2 atom stereocenters. The van der Waals surface area contributed by atoms with Gasteiger partial charge in [-0.05, 0) is 80.2 Å². The van der Waals surface area contributed by atoms with Gasteiger partial charge >= 0.3 is 0 Å². The van der Waals surface area contributed by atoms with Gasteiger partial charge in [0.2, 0.25) is 0 Å². The summed E-state index contributed by atoms with van der Waals surface area (Å²) in [5, 5.41) is 4.95. The first-order valence-corrected chi connectivity index (χ1v) is 11.9. The van der Waals surface area contributed by atoms with Gasteiger partial charge in [-0.3, -0.25) is 4.98 Å². The molecule has 5 rings (SSSR count). The second-order valence-corrected chi connectivity index (χ2v) is 9.44. The third-order valence-electron chi connectivity index (χ3n) is 6.15. The van der Waals surface area contributed by atoms with Crippen molar-refractivity contribution in [2.45, 2.75) is 25.9 Å². The molecule has 1 saturated heterocycles. The lowest BCUT2D eigenvalue weighted by molar-refractivity contribution is 0.556. The summed E-state index contributed by atoms with van der Waals surface area (Å²) in [6.45, 7) is 4.05. The molecule has 0 radical (unpaired) electrons. The largest absolute Gasteiger partial charge is 0.351 e. The molecule has 34 heavy (non-hydrogen) atoms. The van der Waals surface area contributed by atoms with E-state index in [4.69, 9.17) is 35.4 Å². The summed E-state index contributed by atoms with van der Waals surface area (Å²) in [6, 6.07) is 19.4. The van der Waals surface area contributed by atoms with E-state index in [0.29, 0.717) is 20.8 Å². The van der Waals surface area contributed by atoms with Gasteiger partial charge in [0, 0.05) is 22.6 Å². The first-order valence-electron chi connectivity index (χ1n) is 10.8. The number of pyridine rings is 1. The molecule has 0 spiro atoms. The number of thiocarbonyl (C=S) groups is 1. The molecule has 2 aromatic heterocycles. The van der Waals surface area contributed by atoms with Crippen molar-refractivity contribution < 1.29 is 4.39 Å². The fraction of sp³-hybridized carbons (Fsp3) is 0.154. The Kier molecular flexibility index (Phi) is 6.06. The topological polar surface area (TPSA) is 33.1 Å². The van der Waals surface area contributed by atoms with Crippen molar-refractivity contribution in [1.29, 1.82) is 0 Å². The number of benzene rings is 2. The van der Waals surface area contributed by atoms with Crippen LogP contribution in [0.2, 0.25) is 10.0 Å². The number of anilines is 1. The summed E-state index contributed by atoms with van der Waals surface area (Å²) in [7, 11) is 0. The van der Waals surface area contributed by atoms with Crippen molar-refractivity contribution in [3.8, 4) is 5.69 Å². The summed E-state index contributed by atoms with van der Waals surface area (Å²) in [5.74, 6) is -0.340. The minimum atomic E-state index is -0.340. The Hall–Kier alpha value is -2.93. The molecule has 8 heteroatoms. The van der Waals surface area contributed by atoms with Crippen LogP contribution in [0.4, 0.5) is 10.1 Å². The molecule has 172 valence electrons. The molecule has 2 unspecified atom stereocenters. The lowest BCUT2D eigenvalue weighted by Crippen LogP contribution is -2.30. The zero-order valence-corrected chi connectivity index (χ0v) is 20.8. The van der Waals surface area contributed by atoms with Gasteiger partial charge in [0.25, 0.3) is 0 Å². The monoisotopic (exact) mass is 510 g/mol. The first kappa shape index (κ1) is 22.8. The van der Waals surface area contributed by atoms with Gasteiger partial charge in [0.1, 0.15) is 5.82 Å².